The molecule has 0 saturated heterocycles. The first-order chi connectivity index (χ1) is 8.63. The van der Waals surface area contributed by atoms with Gasteiger partial charge in [-0.1, -0.05) is 23.2 Å². The molecule has 100 valence electrons. The fourth-order valence-electron chi connectivity index (χ4n) is 1.15. The van der Waals surface area contributed by atoms with Crippen molar-refractivity contribution in [2.45, 2.75) is 0 Å². The minimum absolute atomic E-state index is 0.0323. The molecular weight excluding hydrogens is 279 g/mol. The largest absolute Gasteiger partial charge is 0.394 e. The lowest BCUT2D eigenvalue weighted by Crippen LogP contribution is -2.31. The summed E-state index contributed by atoms with van der Waals surface area (Å²) in [5.41, 5.74) is 0.554. The van der Waals surface area contributed by atoms with Crippen molar-refractivity contribution < 1.29 is 14.6 Å². The standard InChI is InChI=1S/C11H14Cl2N2O3/c12-9-2-1-8(7-10(9)13)15-11(17)14-3-5-18-6-4-16/h1-2,7,16H,3-6H2,(H2,14,15,17). The minimum Gasteiger partial charge on any atom is -0.394 e. The van der Waals surface area contributed by atoms with Crippen LogP contribution in [0.15, 0.2) is 18.2 Å². The first-order valence-corrected chi connectivity index (χ1v) is 6.07. The zero-order chi connectivity index (χ0) is 13.4. The molecule has 1 aromatic rings. The Morgan fingerprint density at radius 2 is 2.06 bits per heavy atom. The summed E-state index contributed by atoms with van der Waals surface area (Å²) in [6.07, 6.45) is 0. The van der Waals surface area contributed by atoms with Crippen LogP contribution in [0.5, 0.6) is 0 Å². The first kappa shape index (κ1) is 15.0. The maximum absolute atomic E-state index is 11.4. The highest BCUT2D eigenvalue weighted by molar-refractivity contribution is 6.42. The van der Waals surface area contributed by atoms with Gasteiger partial charge in [0.15, 0.2) is 0 Å². The smallest absolute Gasteiger partial charge is 0.319 e. The molecule has 0 aromatic heterocycles. The van der Waals surface area contributed by atoms with E-state index in [1.54, 1.807) is 18.2 Å². The van der Waals surface area contributed by atoms with Crippen molar-refractivity contribution in [3.05, 3.63) is 28.2 Å². The Bertz CT molecular complexity index is 402. The van der Waals surface area contributed by atoms with Crippen molar-refractivity contribution in [3.63, 3.8) is 0 Å². The van der Waals surface area contributed by atoms with Gasteiger partial charge >= 0.3 is 6.03 Å². The maximum Gasteiger partial charge on any atom is 0.319 e. The second kappa shape index (κ2) is 8.16. The molecule has 0 heterocycles. The molecular formula is C11H14Cl2N2O3. The number of ether oxygens (including phenoxy) is 1. The number of hydrogen-bond donors (Lipinski definition) is 3. The van der Waals surface area contributed by atoms with E-state index in [0.717, 1.165) is 0 Å². The van der Waals surface area contributed by atoms with E-state index >= 15 is 0 Å². The fourth-order valence-corrected chi connectivity index (χ4v) is 1.45. The number of aliphatic hydroxyl groups is 1. The van der Waals surface area contributed by atoms with Crippen molar-refractivity contribution in [3.8, 4) is 0 Å². The number of aliphatic hydroxyl groups excluding tert-OH is 1. The van der Waals surface area contributed by atoms with E-state index < -0.39 is 0 Å². The van der Waals surface area contributed by atoms with Crippen molar-refractivity contribution in [2.24, 2.45) is 0 Å². The highest BCUT2D eigenvalue weighted by Gasteiger charge is 2.03. The number of benzene rings is 1. The summed E-state index contributed by atoms with van der Waals surface area (Å²) in [4.78, 5) is 11.4. The molecule has 5 nitrogen and oxygen atoms in total. The van der Waals surface area contributed by atoms with Gasteiger partial charge in [-0.15, -0.1) is 0 Å². The molecule has 0 spiro atoms. The molecule has 0 bridgehead atoms. The van der Waals surface area contributed by atoms with E-state index in [1.807, 2.05) is 0 Å². The maximum atomic E-state index is 11.4. The molecule has 0 saturated carbocycles. The number of carbonyl (C=O) groups excluding carboxylic acids is 1. The summed E-state index contributed by atoms with van der Waals surface area (Å²) < 4.78 is 4.99. The lowest BCUT2D eigenvalue weighted by atomic mass is 10.3. The third-order valence-electron chi connectivity index (χ3n) is 1.95. The lowest BCUT2D eigenvalue weighted by molar-refractivity contribution is 0.0950. The van der Waals surface area contributed by atoms with Gasteiger partial charge < -0.3 is 20.5 Å². The van der Waals surface area contributed by atoms with Crippen LogP contribution in [0.2, 0.25) is 10.0 Å². The molecule has 18 heavy (non-hydrogen) atoms. The number of halogens is 2. The van der Waals surface area contributed by atoms with Crippen LogP contribution in [0.25, 0.3) is 0 Å². The number of nitrogens with one attached hydrogen (secondary N) is 2. The zero-order valence-electron chi connectivity index (χ0n) is 9.58. The number of carbonyl (C=O) groups is 1. The van der Waals surface area contributed by atoms with E-state index in [1.165, 1.54) is 0 Å². The number of hydrogen-bond acceptors (Lipinski definition) is 3. The Labute approximate surface area is 115 Å². The molecule has 0 unspecified atom stereocenters. The van der Waals surface area contributed by atoms with E-state index in [9.17, 15) is 4.79 Å². The van der Waals surface area contributed by atoms with Gasteiger partial charge in [-0.3, -0.25) is 0 Å². The normalized spacial score (nSPS) is 10.2. The Hall–Kier alpha value is -1.01. The van der Waals surface area contributed by atoms with Crippen LogP contribution in [0.3, 0.4) is 0 Å². The van der Waals surface area contributed by atoms with Crippen molar-refractivity contribution in [1.29, 1.82) is 0 Å². The first-order valence-electron chi connectivity index (χ1n) is 5.32. The quantitative estimate of drug-likeness (QED) is 0.704. The van der Waals surface area contributed by atoms with E-state index in [4.69, 9.17) is 33.0 Å². The minimum atomic E-state index is -0.360. The summed E-state index contributed by atoms with van der Waals surface area (Å²) in [5.74, 6) is 0. The molecule has 7 heteroatoms. The summed E-state index contributed by atoms with van der Waals surface area (Å²) >= 11 is 11.6. The summed E-state index contributed by atoms with van der Waals surface area (Å²) in [6.45, 7) is 0.925. The van der Waals surface area contributed by atoms with Gasteiger partial charge in [0.25, 0.3) is 0 Å². The number of urea groups is 1. The predicted molar refractivity (Wildman–Crippen MR) is 71.4 cm³/mol. The monoisotopic (exact) mass is 292 g/mol. The van der Waals surface area contributed by atoms with Crippen LogP contribution in [0.4, 0.5) is 10.5 Å². The second-order valence-corrected chi connectivity index (χ2v) is 4.16. The fraction of sp³-hybridized carbons (Fsp3) is 0.364. The van der Waals surface area contributed by atoms with Crippen LogP contribution in [0, 0.1) is 0 Å². The molecule has 0 aliphatic heterocycles. The molecule has 1 rings (SSSR count). The average Bonchev–Trinajstić information content (AvgIpc) is 2.34. The zero-order valence-corrected chi connectivity index (χ0v) is 11.1. The van der Waals surface area contributed by atoms with Gasteiger partial charge in [-0.25, -0.2) is 4.79 Å². The predicted octanol–water partition coefficient (Wildman–Crippen LogP) is 2.12. The molecule has 0 aliphatic carbocycles. The van der Waals surface area contributed by atoms with Crippen LogP contribution in [0.1, 0.15) is 0 Å². The van der Waals surface area contributed by atoms with Gasteiger partial charge in [0.1, 0.15) is 0 Å². The van der Waals surface area contributed by atoms with Gasteiger partial charge in [0, 0.05) is 12.2 Å². The summed E-state index contributed by atoms with van der Waals surface area (Å²) in [7, 11) is 0. The third-order valence-corrected chi connectivity index (χ3v) is 2.68. The van der Waals surface area contributed by atoms with Crippen LogP contribution < -0.4 is 10.6 Å². The van der Waals surface area contributed by atoms with Crippen LogP contribution in [-0.2, 0) is 4.74 Å². The average molecular weight is 293 g/mol. The highest BCUT2D eigenvalue weighted by Crippen LogP contribution is 2.24. The van der Waals surface area contributed by atoms with Crippen LogP contribution >= 0.6 is 23.2 Å². The van der Waals surface area contributed by atoms with Crippen molar-refractivity contribution >= 4 is 34.9 Å². The SMILES string of the molecule is O=C(NCCOCCO)Nc1ccc(Cl)c(Cl)c1. The van der Waals surface area contributed by atoms with Crippen molar-refractivity contribution in [1.82, 2.24) is 5.32 Å². The van der Waals surface area contributed by atoms with Gasteiger partial charge in [-0.2, -0.15) is 0 Å². The Kier molecular flexibility index (Phi) is 6.82. The van der Waals surface area contributed by atoms with Gasteiger partial charge in [0.2, 0.25) is 0 Å². The van der Waals surface area contributed by atoms with Gasteiger partial charge in [0.05, 0.1) is 29.9 Å². The Morgan fingerprint density at radius 3 is 2.72 bits per heavy atom. The van der Waals surface area contributed by atoms with Gasteiger partial charge in [-0.05, 0) is 18.2 Å². The molecule has 0 atom stereocenters. The van der Waals surface area contributed by atoms with E-state index in [2.05, 4.69) is 10.6 Å². The number of amides is 2. The Morgan fingerprint density at radius 1 is 1.28 bits per heavy atom. The molecule has 3 N–H and O–H groups in total. The Balaban J connectivity index is 2.29. The molecule has 0 fully saturated rings. The number of rotatable bonds is 6. The molecule has 1 aromatic carbocycles. The summed E-state index contributed by atoms with van der Waals surface area (Å²) in [6, 6.07) is 4.45. The van der Waals surface area contributed by atoms with E-state index in [0.29, 0.717) is 28.9 Å². The highest BCUT2D eigenvalue weighted by atomic mass is 35.5. The molecule has 2 amide bonds. The third kappa shape index (κ3) is 5.55. The number of anilines is 1. The lowest BCUT2D eigenvalue weighted by Gasteiger charge is -2.08. The molecule has 0 radical (unpaired) electrons. The topological polar surface area (TPSA) is 70.6 Å². The second-order valence-electron chi connectivity index (χ2n) is 3.35. The van der Waals surface area contributed by atoms with Crippen LogP contribution in [-0.4, -0.2) is 37.5 Å². The summed E-state index contributed by atoms with van der Waals surface area (Å²) in [5, 5.41) is 14.5. The molecule has 0 aliphatic rings. The van der Waals surface area contributed by atoms with E-state index in [-0.39, 0.29) is 19.2 Å². The van der Waals surface area contributed by atoms with Crippen molar-refractivity contribution in [2.75, 3.05) is 31.7 Å².